The van der Waals surface area contributed by atoms with Crippen molar-refractivity contribution in [3.8, 4) is 11.3 Å². The molecule has 126 valence electrons. The fourth-order valence-corrected chi connectivity index (χ4v) is 3.47. The predicted octanol–water partition coefficient (Wildman–Crippen LogP) is 2.12. The van der Waals surface area contributed by atoms with Crippen LogP contribution in [-0.4, -0.2) is 31.8 Å². The van der Waals surface area contributed by atoms with Crippen molar-refractivity contribution in [2.24, 2.45) is 5.92 Å². The summed E-state index contributed by atoms with van der Waals surface area (Å²) in [5.74, 6) is 1.65. The number of carbonyl (C=O) groups excluding carboxylic acids is 1. The number of pyridine rings is 2. The Balaban J connectivity index is 1.51. The highest BCUT2D eigenvalue weighted by atomic mass is 16.1. The summed E-state index contributed by atoms with van der Waals surface area (Å²) in [6.45, 7) is 2.67. The summed E-state index contributed by atoms with van der Waals surface area (Å²) in [6, 6.07) is 4.13. The minimum atomic E-state index is 0.272. The molecular formula is C19H19N5O. The normalized spacial score (nSPS) is 16.8. The van der Waals surface area contributed by atoms with E-state index in [0.717, 1.165) is 66.2 Å². The van der Waals surface area contributed by atoms with Gasteiger partial charge in [0.15, 0.2) is 0 Å². The third-order valence-corrected chi connectivity index (χ3v) is 5.04. The lowest BCUT2D eigenvalue weighted by Crippen LogP contribution is -2.28. The van der Waals surface area contributed by atoms with E-state index in [4.69, 9.17) is 0 Å². The number of nitrogens with zero attached hydrogens (tertiary/aromatic N) is 4. The quantitative estimate of drug-likeness (QED) is 0.792. The molecule has 3 aromatic rings. The molecule has 25 heavy (non-hydrogen) atoms. The summed E-state index contributed by atoms with van der Waals surface area (Å²) in [4.78, 5) is 25.5. The highest BCUT2D eigenvalue weighted by Gasteiger charge is 2.29. The molecule has 1 saturated carbocycles. The summed E-state index contributed by atoms with van der Waals surface area (Å²) < 4.78 is 2.25. The second-order valence-electron chi connectivity index (χ2n) is 6.90. The first-order chi connectivity index (χ1) is 12.3. The van der Waals surface area contributed by atoms with Gasteiger partial charge in [0, 0.05) is 48.3 Å². The van der Waals surface area contributed by atoms with Crippen LogP contribution < -0.4 is 5.32 Å². The van der Waals surface area contributed by atoms with Crippen LogP contribution >= 0.6 is 0 Å². The van der Waals surface area contributed by atoms with Crippen LogP contribution in [0.25, 0.3) is 22.2 Å². The van der Waals surface area contributed by atoms with Gasteiger partial charge in [0.05, 0.1) is 30.1 Å². The van der Waals surface area contributed by atoms with Crippen LogP contribution in [0.1, 0.15) is 24.4 Å². The number of ketones is 1. The second kappa shape index (κ2) is 5.74. The molecule has 5 rings (SSSR count). The lowest BCUT2D eigenvalue weighted by Gasteiger charge is -2.17. The van der Waals surface area contributed by atoms with Crippen molar-refractivity contribution in [3.05, 3.63) is 42.2 Å². The maximum Gasteiger partial charge on any atom is 0.141 e. The Morgan fingerprint density at radius 3 is 2.96 bits per heavy atom. The van der Waals surface area contributed by atoms with E-state index >= 15 is 0 Å². The van der Waals surface area contributed by atoms with Gasteiger partial charge in [-0.3, -0.25) is 14.8 Å². The van der Waals surface area contributed by atoms with Crippen LogP contribution in [0.5, 0.6) is 0 Å². The number of fused-ring (bicyclic) bond motifs is 2. The van der Waals surface area contributed by atoms with E-state index < -0.39 is 0 Å². The molecular weight excluding hydrogens is 314 g/mol. The van der Waals surface area contributed by atoms with Gasteiger partial charge in [0.2, 0.25) is 0 Å². The van der Waals surface area contributed by atoms with E-state index in [1.807, 2.05) is 18.5 Å². The van der Waals surface area contributed by atoms with Crippen LogP contribution in [0.4, 0.5) is 0 Å². The van der Waals surface area contributed by atoms with E-state index in [-0.39, 0.29) is 5.92 Å². The number of aromatic nitrogens is 4. The van der Waals surface area contributed by atoms with Gasteiger partial charge in [0.1, 0.15) is 11.6 Å². The maximum absolute atomic E-state index is 12.1. The lowest BCUT2D eigenvalue weighted by atomic mass is 10.1. The molecule has 4 heterocycles. The molecule has 1 aliphatic heterocycles. The number of rotatable bonds is 4. The van der Waals surface area contributed by atoms with Crippen LogP contribution in [0.3, 0.4) is 0 Å². The Kier molecular flexibility index (Phi) is 3.38. The van der Waals surface area contributed by atoms with Gasteiger partial charge >= 0.3 is 0 Å². The van der Waals surface area contributed by atoms with Crippen molar-refractivity contribution in [2.75, 3.05) is 6.54 Å². The van der Waals surface area contributed by atoms with Gasteiger partial charge < -0.3 is 9.88 Å². The summed E-state index contributed by atoms with van der Waals surface area (Å²) in [6.07, 6.45) is 8.08. The first kappa shape index (κ1) is 14.7. The molecule has 0 aromatic carbocycles. The van der Waals surface area contributed by atoms with Crippen molar-refractivity contribution in [1.29, 1.82) is 0 Å². The van der Waals surface area contributed by atoms with Gasteiger partial charge in [-0.15, -0.1) is 0 Å². The van der Waals surface area contributed by atoms with E-state index in [1.165, 1.54) is 0 Å². The largest absolute Gasteiger partial charge is 0.326 e. The molecule has 0 atom stereocenters. The monoisotopic (exact) mass is 333 g/mol. The molecule has 3 aromatic heterocycles. The van der Waals surface area contributed by atoms with E-state index in [2.05, 4.69) is 30.9 Å². The molecule has 0 spiro atoms. The lowest BCUT2D eigenvalue weighted by molar-refractivity contribution is -0.119. The van der Waals surface area contributed by atoms with Gasteiger partial charge in [-0.05, 0) is 25.0 Å². The molecule has 0 unspecified atom stereocenters. The summed E-state index contributed by atoms with van der Waals surface area (Å²) in [7, 11) is 0. The van der Waals surface area contributed by atoms with Crippen molar-refractivity contribution in [2.45, 2.75) is 32.4 Å². The predicted molar refractivity (Wildman–Crippen MR) is 93.9 cm³/mol. The summed E-state index contributed by atoms with van der Waals surface area (Å²) >= 11 is 0. The fraction of sp³-hybridized carbons (Fsp3) is 0.368. The third-order valence-electron chi connectivity index (χ3n) is 5.04. The first-order valence-corrected chi connectivity index (χ1v) is 8.81. The zero-order chi connectivity index (χ0) is 16.8. The van der Waals surface area contributed by atoms with Crippen molar-refractivity contribution < 1.29 is 4.79 Å². The number of hydrogen-bond donors (Lipinski definition) is 1. The molecule has 2 aliphatic rings. The highest BCUT2D eigenvalue weighted by molar-refractivity contribution is 5.87. The number of nitrogens with one attached hydrogen (secondary N) is 1. The third kappa shape index (κ3) is 2.72. The minimum Gasteiger partial charge on any atom is -0.326 e. The summed E-state index contributed by atoms with van der Waals surface area (Å²) in [5.41, 5.74) is 3.84. The SMILES string of the molecule is O=C(Cc1cc2cc(-c3cnc4n3CCNC4)cnc2cn1)C1CC1. The molecule has 6 heteroatoms. The molecule has 0 bridgehead atoms. The Morgan fingerprint density at radius 2 is 2.08 bits per heavy atom. The second-order valence-corrected chi connectivity index (χ2v) is 6.90. The van der Waals surface area contributed by atoms with Gasteiger partial charge in [-0.1, -0.05) is 0 Å². The molecule has 0 radical (unpaired) electrons. The molecule has 6 nitrogen and oxygen atoms in total. The molecule has 1 N–H and O–H groups in total. The smallest absolute Gasteiger partial charge is 0.141 e. The molecule has 1 aliphatic carbocycles. The molecule has 1 fully saturated rings. The number of imidazole rings is 1. The minimum absolute atomic E-state index is 0.272. The van der Waals surface area contributed by atoms with E-state index in [1.54, 1.807) is 6.20 Å². The van der Waals surface area contributed by atoms with E-state index in [0.29, 0.717) is 12.2 Å². The number of carbonyl (C=O) groups is 1. The van der Waals surface area contributed by atoms with Gasteiger partial charge in [-0.25, -0.2) is 4.98 Å². The molecule has 0 saturated heterocycles. The van der Waals surface area contributed by atoms with Crippen molar-refractivity contribution in [1.82, 2.24) is 24.8 Å². The Labute approximate surface area is 145 Å². The topological polar surface area (TPSA) is 72.7 Å². The molecule has 0 amide bonds. The average Bonchev–Trinajstić information content (AvgIpc) is 3.41. The van der Waals surface area contributed by atoms with Crippen molar-refractivity contribution >= 4 is 16.7 Å². The first-order valence-electron chi connectivity index (χ1n) is 8.81. The maximum atomic E-state index is 12.1. The van der Waals surface area contributed by atoms with E-state index in [9.17, 15) is 4.79 Å². The van der Waals surface area contributed by atoms with Crippen LogP contribution in [0.15, 0.2) is 30.7 Å². The zero-order valence-corrected chi connectivity index (χ0v) is 13.9. The summed E-state index contributed by atoms with van der Waals surface area (Å²) in [5, 5.41) is 4.36. The van der Waals surface area contributed by atoms with Gasteiger partial charge in [-0.2, -0.15) is 0 Å². The van der Waals surface area contributed by atoms with Gasteiger partial charge in [0.25, 0.3) is 0 Å². The van der Waals surface area contributed by atoms with Crippen LogP contribution in [0.2, 0.25) is 0 Å². The van der Waals surface area contributed by atoms with Crippen molar-refractivity contribution in [3.63, 3.8) is 0 Å². The number of hydrogen-bond acceptors (Lipinski definition) is 5. The van der Waals surface area contributed by atoms with Crippen LogP contribution in [0, 0.1) is 5.92 Å². The average molecular weight is 333 g/mol. The Morgan fingerprint density at radius 1 is 1.16 bits per heavy atom. The Bertz CT molecular complexity index is 973. The Hall–Kier alpha value is -2.60. The fourth-order valence-electron chi connectivity index (χ4n) is 3.47. The zero-order valence-electron chi connectivity index (χ0n) is 13.9. The van der Waals surface area contributed by atoms with Crippen LogP contribution in [-0.2, 0) is 24.3 Å². The number of Topliss-reactive ketones (excluding diaryl/α,β-unsaturated/α-hetero) is 1. The standard InChI is InChI=1S/C19H19N5O/c25-18(12-1-2-12)7-15-6-13-5-14(8-22-16(13)9-21-15)17-10-23-19-11-20-3-4-24(17)19/h5-6,8-10,12,20H,1-4,7,11H2. The highest BCUT2D eigenvalue weighted by Crippen LogP contribution is 2.31.